The molecule has 4 heteroatoms. The molecule has 1 aliphatic carbocycles. The summed E-state index contributed by atoms with van der Waals surface area (Å²) in [6.07, 6.45) is 5.72. The van der Waals surface area contributed by atoms with E-state index in [2.05, 4.69) is 70.0 Å². The van der Waals surface area contributed by atoms with Gasteiger partial charge in [-0.2, -0.15) is 0 Å². The predicted octanol–water partition coefficient (Wildman–Crippen LogP) is 1.80. The molecular formula is C12H25HfN3. The van der Waals surface area contributed by atoms with Gasteiger partial charge in [0, 0.05) is 0 Å². The molecule has 16 heavy (non-hydrogen) atoms. The van der Waals surface area contributed by atoms with Crippen molar-refractivity contribution in [2.24, 2.45) is 0 Å². The van der Waals surface area contributed by atoms with Crippen LogP contribution in [0.5, 0.6) is 0 Å². The topological polar surface area (TPSA) is 9.72 Å². The summed E-state index contributed by atoms with van der Waals surface area (Å²) < 4.78 is 9.18. The first-order valence-corrected chi connectivity index (χ1v) is 12.4. The third kappa shape index (κ3) is 2.13. The van der Waals surface area contributed by atoms with E-state index in [0.717, 1.165) is 6.42 Å². The van der Waals surface area contributed by atoms with Gasteiger partial charge in [-0.25, -0.2) is 0 Å². The van der Waals surface area contributed by atoms with E-state index in [4.69, 9.17) is 0 Å². The zero-order valence-corrected chi connectivity index (χ0v) is 15.3. The first-order chi connectivity index (χ1) is 7.35. The molecule has 0 spiro atoms. The molecule has 0 saturated carbocycles. The number of nitrogens with zero attached hydrogens (tertiary/aromatic N) is 3. The first-order valence-electron chi connectivity index (χ1n) is 5.74. The predicted molar refractivity (Wildman–Crippen MR) is 67.5 cm³/mol. The van der Waals surface area contributed by atoms with Crippen LogP contribution in [-0.2, 0) is 20.8 Å². The van der Waals surface area contributed by atoms with Gasteiger partial charge < -0.3 is 0 Å². The van der Waals surface area contributed by atoms with Gasteiger partial charge in [-0.1, -0.05) is 0 Å². The second-order valence-corrected chi connectivity index (χ2v) is 21.5. The molecule has 0 amide bonds. The van der Waals surface area contributed by atoms with Crippen molar-refractivity contribution in [3.05, 3.63) is 21.1 Å². The minimum atomic E-state index is -2.87. The van der Waals surface area contributed by atoms with E-state index >= 15 is 0 Å². The summed E-state index contributed by atoms with van der Waals surface area (Å²) in [7, 11) is 13.4. The summed E-state index contributed by atoms with van der Waals surface area (Å²) in [4.78, 5) is 0. The van der Waals surface area contributed by atoms with Crippen molar-refractivity contribution in [2.75, 3.05) is 42.3 Å². The van der Waals surface area contributed by atoms with Gasteiger partial charge in [-0.15, -0.1) is 0 Å². The Labute approximate surface area is 106 Å². The Hall–Kier alpha value is 0.230. The second-order valence-electron chi connectivity index (χ2n) is 5.09. The van der Waals surface area contributed by atoms with Gasteiger partial charge in [0.1, 0.15) is 0 Å². The van der Waals surface area contributed by atoms with Crippen molar-refractivity contribution >= 4 is 0 Å². The fourth-order valence-corrected chi connectivity index (χ4v) is 21.1. The van der Waals surface area contributed by atoms with E-state index in [0.29, 0.717) is 0 Å². The van der Waals surface area contributed by atoms with E-state index in [9.17, 15) is 0 Å². The van der Waals surface area contributed by atoms with Crippen LogP contribution in [0.3, 0.4) is 0 Å². The second kappa shape index (κ2) is 5.25. The Bertz CT molecular complexity index is 294. The third-order valence-electron chi connectivity index (χ3n) is 3.44. The minimum absolute atomic E-state index is 1.14. The quantitative estimate of drug-likeness (QED) is 0.679. The van der Waals surface area contributed by atoms with Gasteiger partial charge in [0.05, 0.1) is 0 Å². The number of rotatable bonds is 4. The monoisotopic (exact) mass is 391 g/mol. The number of hydrogen-bond donors (Lipinski definition) is 0. The Morgan fingerprint density at radius 3 is 1.62 bits per heavy atom. The van der Waals surface area contributed by atoms with Gasteiger partial charge in [0.15, 0.2) is 0 Å². The van der Waals surface area contributed by atoms with Crippen molar-refractivity contribution in [2.45, 2.75) is 13.3 Å². The molecule has 92 valence electrons. The molecule has 0 unspecified atom stereocenters. The van der Waals surface area contributed by atoms with Crippen LogP contribution in [0.1, 0.15) is 13.3 Å². The molecule has 0 aromatic carbocycles. The summed E-state index contributed by atoms with van der Waals surface area (Å²) in [6.45, 7) is 2.25. The molecule has 0 N–H and O–H groups in total. The molecule has 0 fully saturated rings. The molecule has 0 aromatic heterocycles. The summed E-state index contributed by atoms with van der Waals surface area (Å²) in [6, 6.07) is 0. The summed E-state index contributed by atoms with van der Waals surface area (Å²) in [5.74, 6) is 0. The fraction of sp³-hybridized carbons (Fsp3) is 0.667. The van der Waals surface area contributed by atoms with Gasteiger partial charge >= 0.3 is 106 Å². The van der Waals surface area contributed by atoms with Crippen molar-refractivity contribution in [1.82, 2.24) is 8.66 Å². The van der Waals surface area contributed by atoms with E-state index in [1.165, 1.54) is 5.57 Å². The van der Waals surface area contributed by atoms with Crippen molar-refractivity contribution in [3.63, 3.8) is 0 Å². The van der Waals surface area contributed by atoms with E-state index < -0.39 is 20.8 Å². The average molecular weight is 390 g/mol. The van der Waals surface area contributed by atoms with E-state index in [-0.39, 0.29) is 0 Å². The SMILES string of the molecule is CC1=[C]([Hf]([N](C)C)([N](C)C)[N](C)C)CC=C1. The molecule has 0 heterocycles. The van der Waals surface area contributed by atoms with Gasteiger partial charge in [0.25, 0.3) is 0 Å². The van der Waals surface area contributed by atoms with Crippen LogP contribution >= 0.6 is 0 Å². The van der Waals surface area contributed by atoms with Crippen molar-refractivity contribution < 1.29 is 20.8 Å². The maximum absolute atomic E-state index is 2.87. The normalized spacial score (nSPS) is 17.4. The summed E-state index contributed by atoms with van der Waals surface area (Å²) in [5.41, 5.74) is 1.48. The zero-order valence-electron chi connectivity index (χ0n) is 11.7. The fourth-order valence-electron chi connectivity index (χ4n) is 3.03. The van der Waals surface area contributed by atoms with Crippen LogP contribution in [0, 0.1) is 0 Å². The Morgan fingerprint density at radius 1 is 0.938 bits per heavy atom. The van der Waals surface area contributed by atoms with Crippen LogP contribution in [0.2, 0.25) is 0 Å². The van der Waals surface area contributed by atoms with E-state index in [1.807, 2.05) is 0 Å². The molecule has 1 aliphatic rings. The summed E-state index contributed by atoms with van der Waals surface area (Å²) >= 11 is -2.87. The van der Waals surface area contributed by atoms with Crippen LogP contribution in [0.25, 0.3) is 0 Å². The number of allylic oxidation sites excluding steroid dienone is 4. The molecule has 0 aromatic rings. The Kier molecular flexibility index (Phi) is 4.69. The Balaban J connectivity index is 3.29. The molecular weight excluding hydrogens is 365 g/mol. The zero-order chi connectivity index (χ0) is 12.5. The molecule has 3 nitrogen and oxygen atoms in total. The molecule has 0 radical (unpaired) electrons. The van der Waals surface area contributed by atoms with Crippen LogP contribution in [0.15, 0.2) is 21.1 Å². The van der Waals surface area contributed by atoms with Gasteiger partial charge in [-0.05, 0) is 0 Å². The molecule has 0 aliphatic heterocycles. The molecule has 1 rings (SSSR count). The Morgan fingerprint density at radius 2 is 1.38 bits per heavy atom. The van der Waals surface area contributed by atoms with Gasteiger partial charge in [-0.3, -0.25) is 0 Å². The number of hydrogen-bond acceptors (Lipinski definition) is 3. The molecule has 0 bridgehead atoms. The average Bonchev–Trinajstić information content (AvgIpc) is 2.51. The summed E-state index contributed by atoms with van der Waals surface area (Å²) in [5, 5.41) is 0. The maximum atomic E-state index is 2.50. The van der Waals surface area contributed by atoms with Crippen LogP contribution in [-0.4, -0.2) is 50.9 Å². The third-order valence-corrected chi connectivity index (χ3v) is 21.9. The van der Waals surface area contributed by atoms with Crippen LogP contribution < -0.4 is 0 Å². The van der Waals surface area contributed by atoms with E-state index in [1.54, 1.807) is 3.33 Å². The van der Waals surface area contributed by atoms with Crippen molar-refractivity contribution in [1.29, 1.82) is 0 Å². The molecule has 0 saturated heterocycles. The van der Waals surface area contributed by atoms with Crippen molar-refractivity contribution in [3.8, 4) is 0 Å². The van der Waals surface area contributed by atoms with Crippen LogP contribution in [0.4, 0.5) is 0 Å². The standard InChI is InChI=1S/C6H7.3C2H6N.Hf/c1-6-4-2-3-5-6;3*1-3-2;/h2,4H,3H2,1H3;3*1-2H3;/q;3*-1;+3. The first kappa shape index (κ1) is 14.3. The van der Waals surface area contributed by atoms with Gasteiger partial charge in [0.2, 0.25) is 0 Å². The molecule has 0 atom stereocenters.